The predicted octanol–water partition coefficient (Wildman–Crippen LogP) is 5.00. The van der Waals surface area contributed by atoms with Crippen LogP contribution in [0.1, 0.15) is 33.3 Å². The zero-order valence-corrected chi connectivity index (χ0v) is 18.5. The summed E-state index contributed by atoms with van der Waals surface area (Å²) in [4.78, 5) is 17.9. The van der Waals surface area contributed by atoms with E-state index in [0.29, 0.717) is 12.3 Å². The quantitative estimate of drug-likeness (QED) is 0.592. The number of nitrogens with one attached hydrogen (secondary N) is 1. The fourth-order valence-electron chi connectivity index (χ4n) is 3.73. The molecule has 1 unspecified atom stereocenters. The number of halogens is 1. The van der Waals surface area contributed by atoms with Crippen molar-refractivity contribution in [3.05, 3.63) is 87.4 Å². The number of thiophene rings is 1. The lowest BCUT2D eigenvalue weighted by Crippen LogP contribution is -2.57. The number of nitrogens with zero attached hydrogens (tertiary/aromatic N) is 3. The number of amidine groups is 1. The van der Waals surface area contributed by atoms with Crippen LogP contribution in [0.4, 0.5) is 10.1 Å². The van der Waals surface area contributed by atoms with Crippen LogP contribution in [0.2, 0.25) is 0 Å². The van der Waals surface area contributed by atoms with E-state index < -0.39 is 0 Å². The minimum absolute atomic E-state index is 0.0123. The number of thioether (sulfide) groups is 1. The first-order chi connectivity index (χ1) is 15.1. The van der Waals surface area contributed by atoms with Crippen LogP contribution in [0.5, 0.6) is 0 Å². The van der Waals surface area contributed by atoms with Crippen molar-refractivity contribution in [2.45, 2.75) is 31.9 Å². The average molecular weight is 453 g/mol. The number of anilines is 1. The lowest BCUT2D eigenvalue weighted by Gasteiger charge is -2.39. The Morgan fingerprint density at radius 3 is 2.52 bits per heavy atom. The SMILES string of the molecule is CCc1ccc(CN2C(=O)c3sccc3N3C(SCc4ccc(F)cc4)=NNC23)cc1. The van der Waals surface area contributed by atoms with E-state index in [-0.39, 0.29) is 18.0 Å². The van der Waals surface area contributed by atoms with Crippen LogP contribution in [0.3, 0.4) is 0 Å². The zero-order chi connectivity index (χ0) is 21.4. The summed E-state index contributed by atoms with van der Waals surface area (Å²) in [6, 6.07) is 16.9. The summed E-state index contributed by atoms with van der Waals surface area (Å²) < 4.78 is 13.2. The summed E-state index contributed by atoms with van der Waals surface area (Å²) >= 11 is 3.02. The monoisotopic (exact) mass is 452 g/mol. The molecule has 31 heavy (non-hydrogen) atoms. The van der Waals surface area contributed by atoms with Crippen molar-refractivity contribution in [3.63, 3.8) is 0 Å². The lowest BCUT2D eigenvalue weighted by molar-refractivity contribution is 0.0629. The largest absolute Gasteiger partial charge is 0.294 e. The third-order valence-electron chi connectivity index (χ3n) is 5.45. The van der Waals surface area contributed by atoms with Crippen LogP contribution in [0.25, 0.3) is 0 Å². The molecule has 0 radical (unpaired) electrons. The van der Waals surface area contributed by atoms with Gasteiger partial charge in [-0.05, 0) is 46.7 Å². The van der Waals surface area contributed by atoms with E-state index in [2.05, 4.69) is 46.6 Å². The van der Waals surface area contributed by atoms with Crippen molar-refractivity contribution in [2.24, 2.45) is 5.10 Å². The highest BCUT2D eigenvalue weighted by Crippen LogP contribution is 2.39. The van der Waals surface area contributed by atoms with Crippen molar-refractivity contribution in [3.8, 4) is 0 Å². The van der Waals surface area contributed by atoms with Crippen LogP contribution in [0.15, 0.2) is 65.1 Å². The molecular weight excluding hydrogens is 431 g/mol. The molecule has 0 bridgehead atoms. The van der Waals surface area contributed by atoms with Crippen molar-refractivity contribution >= 4 is 39.9 Å². The molecule has 1 N–H and O–H groups in total. The number of hydrogen-bond acceptors (Lipinski definition) is 6. The Morgan fingerprint density at radius 2 is 1.77 bits per heavy atom. The Bertz CT molecular complexity index is 1130. The first-order valence-electron chi connectivity index (χ1n) is 10.1. The van der Waals surface area contributed by atoms with Gasteiger partial charge in [-0.3, -0.25) is 20.0 Å². The zero-order valence-electron chi connectivity index (χ0n) is 16.9. The molecule has 0 fully saturated rings. The number of hydrazone groups is 1. The lowest BCUT2D eigenvalue weighted by atomic mass is 10.1. The average Bonchev–Trinajstić information content (AvgIpc) is 3.44. The standard InChI is InChI=1S/C23H21FN4OS2/c1-2-15-3-5-16(6-4-15)13-27-21(29)20-19(11-12-30-20)28-22(27)25-26-23(28)31-14-17-7-9-18(24)10-8-17/h3-12,22,25H,2,13-14H2,1H3. The molecule has 3 heterocycles. The first kappa shape index (κ1) is 20.1. The molecule has 1 atom stereocenters. The van der Waals surface area contributed by atoms with Gasteiger partial charge in [-0.25, -0.2) is 4.39 Å². The third-order valence-corrected chi connectivity index (χ3v) is 7.36. The van der Waals surface area contributed by atoms with Crippen LogP contribution in [-0.2, 0) is 18.7 Å². The molecule has 1 amide bonds. The van der Waals surface area contributed by atoms with Crippen LogP contribution < -0.4 is 10.3 Å². The summed E-state index contributed by atoms with van der Waals surface area (Å²) in [5.41, 5.74) is 7.41. The number of aryl methyl sites for hydroxylation is 1. The van der Waals surface area contributed by atoms with Crippen molar-refractivity contribution < 1.29 is 9.18 Å². The molecule has 1 aromatic heterocycles. The summed E-state index contributed by atoms with van der Waals surface area (Å²) in [6.07, 6.45) is 0.623. The number of carbonyl (C=O) groups is 1. The molecule has 0 spiro atoms. The third kappa shape index (κ3) is 3.81. The minimum atomic E-state index is -0.365. The molecule has 2 aliphatic rings. The molecule has 8 heteroatoms. The molecule has 3 aromatic rings. The van der Waals surface area contributed by atoms with E-state index in [4.69, 9.17) is 0 Å². The van der Waals surface area contributed by atoms with Gasteiger partial charge in [0, 0.05) is 12.3 Å². The fourth-order valence-corrected chi connectivity index (χ4v) is 5.51. The number of carbonyl (C=O) groups excluding carboxylic acids is 1. The molecule has 2 aromatic carbocycles. The normalized spacial score (nSPS) is 17.3. The Morgan fingerprint density at radius 1 is 1.06 bits per heavy atom. The number of benzene rings is 2. The smallest absolute Gasteiger partial charge is 0.269 e. The topological polar surface area (TPSA) is 47.9 Å². The summed E-state index contributed by atoms with van der Waals surface area (Å²) in [6.45, 7) is 2.63. The van der Waals surface area contributed by atoms with E-state index in [1.54, 1.807) is 23.9 Å². The Labute approximate surface area is 188 Å². The first-order valence-corrected chi connectivity index (χ1v) is 12.0. The van der Waals surface area contributed by atoms with Gasteiger partial charge in [-0.15, -0.1) is 11.3 Å². The van der Waals surface area contributed by atoms with Gasteiger partial charge in [0.05, 0.1) is 5.69 Å². The van der Waals surface area contributed by atoms with Gasteiger partial charge >= 0.3 is 0 Å². The second-order valence-corrected chi connectivity index (χ2v) is 9.28. The van der Waals surface area contributed by atoms with Crippen LogP contribution >= 0.6 is 23.1 Å². The molecule has 5 nitrogen and oxygen atoms in total. The molecule has 158 valence electrons. The molecular formula is C23H21FN4OS2. The fraction of sp³-hybridized carbons (Fsp3) is 0.217. The molecule has 0 saturated heterocycles. The van der Waals surface area contributed by atoms with E-state index >= 15 is 0 Å². The number of fused-ring (bicyclic) bond motifs is 3. The van der Waals surface area contributed by atoms with Crippen LogP contribution in [0, 0.1) is 5.82 Å². The molecule has 0 aliphatic carbocycles. The Hall–Kier alpha value is -2.84. The summed E-state index contributed by atoms with van der Waals surface area (Å²) in [5, 5.41) is 7.28. The van der Waals surface area contributed by atoms with E-state index in [0.717, 1.165) is 33.3 Å². The highest BCUT2D eigenvalue weighted by molar-refractivity contribution is 8.13. The van der Waals surface area contributed by atoms with E-state index in [1.165, 1.54) is 29.0 Å². The maximum Gasteiger partial charge on any atom is 0.269 e. The maximum absolute atomic E-state index is 13.2. The minimum Gasteiger partial charge on any atom is -0.294 e. The van der Waals surface area contributed by atoms with E-state index in [9.17, 15) is 9.18 Å². The Kier molecular flexibility index (Phi) is 5.41. The highest BCUT2D eigenvalue weighted by atomic mass is 32.2. The number of amides is 1. The summed E-state index contributed by atoms with van der Waals surface area (Å²) in [5.74, 6) is 0.433. The molecule has 0 saturated carbocycles. The van der Waals surface area contributed by atoms with Crippen LogP contribution in [-0.4, -0.2) is 22.3 Å². The second kappa shape index (κ2) is 8.36. The Balaban J connectivity index is 1.38. The second-order valence-electron chi connectivity index (χ2n) is 7.42. The highest BCUT2D eigenvalue weighted by Gasteiger charge is 2.43. The number of rotatable bonds is 5. The van der Waals surface area contributed by atoms with Gasteiger partial charge in [0.15, 0.2) is 5.17 Å². The number of hydrogen-bond donors (Lipinski definition) is 1. The van der Waals surface area contributed by atoms with E-state index in [1.807, 2.05) is 16.3 Å². The van der Waals surface area contributed by atoms with Gasteiger partial charge in [-0.1, -0.05) is 55.1 Å². The van der Waals surface area contributed by atoms with Gasteiger partial charge in [0.2, 0.25) is 6.29 Å². The maximum atomic E-state index is 13.2. The van der Waals surface area contributed by atoms with Gasteiger partial charge in [0.1, 0.15) is 10.7 Å². The molecule has 5 rings (SSSR count). The van der Waals surface area contributed by atoms with Crippen molar-refractivity contribution in [2.75, 3.05) is 4.90 Å². The van der Waals surface area contributed by atoms with Gasteiger partial charge in [0.25, 0.3) is 5.91 Å². The van der Waals surface area contributed by atoms with Crippen molar-refractivity contribution in [1.29, 1.82) is 0 Å². The molecule has 2 aliphatic heterocycles. The van der Waals surface area contributed by atoms with Gasteiger partial charge in [-0.2, -0.15) is 5.10 Å². The predicted molar refractivity (Wildman–Crippen MR) is 125 cm³/mol. The van der Waals surface area contributed by atoms with Gasteiger partial charge < -0.3 is 0 Å². The summed E-state index contributed by atoms with van der Waals surface area (Å²) in [7, 11) is 0. The van der Waals surface area contributed by atoms with Crippen molar-refractivity contribution in [1.82, 2.24) is 10.3 Å².